The van der Waals surface area contributed by atoms with E-state index < -0.39 is 0 Å². The van der Waals surface area contributed by atoms with Gasteiger partial charge in [0, 0.05) is 17.5 Å². The molecule has 8 heteroatoms. The lowest BCUT2D eigenvalue weighted by molar-refractivity contribution is 0.0682. The fourth-order valence-electron chi connectivity index (χ4n) is 4.18. The molecule has 2 aromatic heterocycles. The van der Waals surface area contributed by atoms with Crippen LogP contribution in [0.4, 0.5) is 0 Å². The lowest BCUT2D eigenvalue weighted by Crippen LogP contribution is -2.35. The molecule has 3 heterocycles. The average Bonchev–Trinajstić information content (AvgIpc) is 3.33. The molecule has 1 aromatic carbocycles. The second kappa shape index (κ2) is 7.31. The van der Waals surface area contributed by atoms with E-state index in [0.717, 1.165) is 59.5 Å². The molecule has 7 nitrogen and oxygen atoms in total. The summed E-state index contributed by atoms with van der Waals surface area (Å²) in [6, 6.07) is 5.44. The van der Waals surface area contributed by atoms with E-state index in [0.29, 0.717) is 23.9 Å². The number of halogens is 1. The minimum absolute atomic E-state index is 0.236. The maximum atomic E-state index is 12.9. The molecule has 150 valence electrons. The molecule has 0 saturated carbocycles. The van der Waals surface area contributed by atoms with Crippen LogP contribution in [-0.2, 0) is 24.2 Å². The third-order valence-electron chi connectivity index (χ3n) is 5.67. The highest BCUT2D eigenvalue weighted by molar-refractivity contribution is 6.32. The van der Waals surface area contributed by atoms with Crippen molar-refractivity contribution in [2.45, 2.75) is 45.3 Å². The zero-order valence-electron chi connectivity index (χ0n) is 16.1. The van der Waals surface area contributed by atoms with E-state index in [1.807, 2.05) is 29.8 Å². The predicted octanol–water partition coefficient (Wildman–Crippen LogP) is 3.70. The summed E-state index contributed by atoms with van der Waals surface area (Å²) in [6.45, 7) is 2.78. The first-order chi connectivity index (χ1) is 14.1. The van der Waals surface area contributed by atoms with Crippen molar-refractivity contribution in [1.29, 1.82) is 0 Å². The minimum atomic E-state index is -0.307. The molecule has 1 aliphatic carbocycles. The van der Waals surface area contributed by atoms with Gasteiger partial charge in [-0.25, -0.2) is 4.68 Å². The molecule has 1 N–H and O–H groups in total. The first-order valence-electron chi connectivity index (χ1n) is 9.82. The third kappa shape index (κ3) is 3.14. The highest BCUT2D eigenvalue weighted by Crippen LogP contribution is 2.31. The molecule has 1 amide bonds. The molecular formula is C21H21ClN4O3. The van der Waals surface area contributed by atoms with Crippen molar-refractivity contribution in [3.63, 3.8) is 0 Å². The summed E-state index contributed by atoms with van der Waals surface area (Å²) in [4.78, 5) is 12.9. The molecule has 1 aliphatic heterocycles. The second-order valence-electron chi connectivity index (χ2n) is 7.54. The number of carbonyl (C=O) groups is 1. The Kier molecular flexibility index (Phi) is 4.64. The van der Waals surface area contributed by atoms with Gasteiger partial charge in [0.05, 0.1) is 41.9 Å². The Bertz CT molecular complexity index is 1070. The van der Waals surface area contributed by atoms with Gasteiger partial charge in [0.1, 0.15) is 5.76 Å². The second-order valence-corrected chi connectivity index (χ2v) is 7.95. The van der Waals surface area contributed by atoms with E-state index in [-0.39, 0.29) is 11.9 Å². The number of benzene rings is 1. The van der Waals surface area contributed by atoms with Crippen molar-refractivity contribution in [3.05, 3.63) is 63.3 Å². The average molecular weight is 413 g/mol. The van der Waals surface area contributed by atoms with Crippen LogP contribution in [0.3, 0.4) is 0 Å². The molecule has 0 saturated heterocycles. The van der Waals surface area contributed by atoms with Crippen molar-refractivity contribution >= 4 is 17.5 Å². The number of fused-ring (bicyclic) bond motifs is 2. The van der Waals surface area contributed by atoms with Crippen LogP contribution in [0, 0.1) is 6.92 Å². The van der Waals surface area contributed by atoms with Gasteiger partial charge in [-0.05, 0) is 37.8 Å². The first kappa shape index (κ1) is 18.4. The minimum Gasteiger partial charge on any atom is -0.373 e. The Morgan fingerprint density at radius 3 is 3.03 bits per heavy atom. The van der Waals surface area contributed by atoms with Gasteiger partial charge in [-0.2, -0.15) is 5.10 Å². The molecule has 0 radical (unpaired) electrons. The summed E-state index contributed by atoms with van der Waals surface area (Å²) in [5.74, 6) is 0.601. The maximum absolute atomic E-state index is 12.9. The van der Waals surface area contributed by atoms with Gasteiger partial charge in [-0.3, -0.25) is 4.79 Å². The molecule has 29 heavy (non-hydrogen) atoms. The molecule has 0 unspecified atom stereocenters. The quantitative estimate of drug-likeness (QED) is 0.709. The first-order valence-corrected chi connectivity index (χ1v) is 10.2. The van der Waals surface area contributed by atoms with Gasteiger partial charge in [-0.1, -0.05) is 28.9 Å². The molecule has 0 fully saturated rings. The number of nitrogens with zero attached hydrogens (tertiary/aromatic N) is 3. The number of aromatic nitrogens is 3. The standard InChI is InChI=1S/C21H21ClN4O3/c1-12-5-4-7-15(22)20(12)26-17-11-28-10-16(14(17)9-23-26)24-21(27)19-13-6-2-3-8-18(13)29-25-19/h4-5,7,9,16H,2-3,6,8,10-11H2,1H3,(H,24,27)/t16-/m1/s1. The number of para-hydroxylation sites is 1. The van der Waals surface area contributed by atoms with E-state index in [1.54, 1.807) is 6.20 Å². The number of hydrogen-bond acceptors (Lipinski definition) is 5. The Balaban J connectivity index is 1.44. The number of rotatable bonds is 3. The Hall–Kier alpha value is -2.64. The highest BCUT2D eigenvalue weighted by Gasteiger charge is 2.30. The molecule has 2 aliphatic rings. The van der Waals surface area contributed by atoms with Crippen LogP contribution < -0.4 is 5.32 Å². The van der Waals surface area contributed by atoms with Crippen LogP contribution in [0.5, 0.6) is 0 Å². The van der Waals surface area contributed by atoms with Crippen molar-refractivity contribution < 1.29 is 14.1 Å². The largest absolute Gasteiger partial charge is 0.373 e. The van der Waals surface area contributed by atoms with Crippen molar-refractivity contribution in [3.8, 4) is 5.69 Å². The fraction of sp³-hybridized carbons (Fsp3) is 0.381. The zero-order valence-corrected chi connectivity index (χ0v) is 16.8. The molecule has 0 spiro atoms. The van der Waals surface area contributed by atoms with Crippen molar-refractivity contribution in [2.75, 3.05) is 6.61 Å². The Morgan fingerprint density at radius 2 is 2.17 bits per heavy atom. The smallest absolute Gasteiger partial charge is 0.274 e. The van der Waals surface area contributed by atoms with E-state index in [1.165, 1.54) is 0 Å². The summed E-state index contributed by atoms with van der Waals surface area (Å²) >= 11 is 6.43. The van der Waals surface area contributed by atoms with E-state index in [2.05, 4.69) is 15.6 Å². The van der Waals surface area contributed by atoms with E-state index >= 15 is 0 Å². The maximum Gasteiger partial charge on any atom is 0.274 e. The predicted molar refractivity (Wildman–Crippen MR) is 106 cm³/mol. The summed E-state index contributed by atoms with van der Waals surface area (Å²) in [6.07, 6.45) is 5.58. The van der Waals surface area contributed by atoms with E-state index in [4.69, 9.17) is 20.9 Å². The van der Waals surface area contributed by atoms with Crippen LogP contribution in [0.1, 0.15) is 57.5 Å². The summed E-state index contributed by atoms with van der Waals surface area (Å²) in [5.41, 5.74) is 5.00. The van der Waals surface area contributed by atoms with Gasteiger partial charge in [-0.15, -0.1) is 0 Å². The van der Waals surface area contributed by atoms with Gasteiger partial charge in [0.25, 0.3) is 5.91 Å². The summed E-state index contributed by atoms with van der Waals surface area (Å²) < 4.78 is 13.0. The topological polar surface area (TPSA) is 82.2 Å². The monoisotopic (exact) mass is 412 g/mol. The number of amides is 1. The number of hydrogen-bond donors (Lipinski definition) is 1. The number of carbonyl (C=O) groups excluding carboxylic acids is 1. The number of nitrogens with one attached hydrogen (secondary N) is 1. The SMILES string of the molecule is Cc1cccc(Cl)c1-n1ncc2c1COC[C@H]2NC(=O)c1noc2c1CCCC2. The van der Waals surface area contributed by atoms with Crippen LogP contribution in [0.15, 0.2) is 28.9 Å². The zero-order chi connectivity index (χ0) is 20.0. The van der Waals surface area contributed by atoms with Crippen LogP contribution in [0.2, 0.25) is 5.02 Å². The normalized spacial score (nSPS) is 18.2. The van der Waals surface area contributed by atoms with Crippen LogP contribution >= 0.6 is 11.6 Å². The molecule has 5 rings (SSSR count). The summed E-state index contributed by atoms with van der Waals surface area (Å²) in [5, 5.41) is 12.2. The Labute approximate surface area is 173 Å². The molecule has 1 atom stereocenters. The Morgan fingerprint density at radius 1 is 1.31 bits per heavy atom. The molecule has 3 aromatic rings. The van der Waals surface area contributed by atoms with Gasteiger partial charge in [0.2, 0.25) is 0 Å². The van der Waals surface area contributed by atoms with Gasteiger partial charge < -0.3 is 14.6 Å². The summed E-state index contributed by atoms with van der Waals surface area (Å²) in [7, 11) is 0. The fourth-order valence-corrected chi connectivity index (χ4v) is 4.48. The van der Waals surface area contributed by atoms with Crippen LogP contribution in [0.25, 0.3) is 5.69 Å². The molecular weight excluding hydrogens is 392 g/mol. The lowest BCUT2D eigenvalue weighted by atomic mass is 9.96. The number of aryl methyl sites for hydroxylation is 2. The van der Waals surface area contributed by atoms with Crippen molar-refractivity contribution in [1.82, 2.24) is 20.3 Å². The van der Waals surface area contributed by atoms with Crippen molar-refractivity contribution in [2.24, 2.45) is 0 Å². The van der Waals surface area contributed by atoms with E-state index in [9.17, 15) is 4.79 Å². The molecule has 0 bridgehead atoms. The number of ether oxygens (including phenoxy) is 1. The highest BCUT2D eigenvalue weighted by atomic mass is 35.5. The lowest BCUT2D eigenvalue weighted by Gasteiger charge is -2.24. The third-order valence-corrected chi connectivity index (χ3v) is 5.98. The van der Waals surface area contributed by atoms with Crippen LogP contribution in [-0.4, -0.2) is 27.5 Å². The van der Waals surface area contributed by atoms with Gasteiger partial charge >= 0.3 is 0 Å². The van der Waals surface area contributed by atoms with Gasteiger partial charge in [0.15, 0.2) is 5.69 Å².